The lowest BCUT2D eigenvalue weighted by Gasteiger charge is -2.24. The van der Waals surface area contributed by atoms with E-state index in [0.29, 0.717) is 23.0 Å². The van der Waals surface area contributed by atoms with E-state index in [4.69, 9.17) is 23.2 Å². The summed E-state index contributed by atoms with van der Waals surface area (Å²) < 4.78 is 0. The molecule has 4 heteroatoms. The summed E-state index contributed by atoms with van der Waals surface area (Å²) in [6.45, 7) is 6.80. The van der Waals surface area contributed by atoms with Gasteiger partial charge in [-0.15, -0.1) is 11.6 Å². The van der Waals surface area contributed by atoms with Crippen molar-refractivity contribution in [3.05, 3.63) is 34.3 Å². The van der Waals surface area contributed by atoms with Crippen LogP contribution in [0.25, 0.3) is 0 Å². The molecule has 19 heavy (non-hydrogen) atoms. The zero-order chi connectivity index (χ0) is 14.5. The molecule has 1 aromatic carbocycles. The first-order valence-electron chi connectivity index (χ1n) is 6.46. The minimum absolute atomic E-state index is 0.0480. The molecule has 0 radical (unpaired) electrons. The highest BCUT2D eigenvalue weighted by Crippen LogP contribution is 2.22. The van der Waals surface area contributed by atoms with E-state index in [9.17, 15) is 4.79 Å². The van der Waals surface area contributed by atoms with Crippen LogP contribution < -0.4 is 5.32 Å². The number of benzene rings is 1. The summed E-state index contributed by atoms with van der Waals surface area (Å²) in [5.41, 5.74) is 1.63. The standard InChI is InChI=1S/C15H21Cl2NO/c1-11-9-12(17)5-6-13(11)14(19)18-10-15(2,3)7-4-8-16/h5-6,9H,4,7-8,10H2,1-3H3,(H,18,19). The number of hydrogen-bond acceptors (Lipinski definition) is 1. The van der Waals surface area contributed by atoms with Crippen molar-refractivity contribution in [2.24, 2.45) is 5.41 Å². The minimum Gasteiger partial charge on any atom is -0.351 e. The second-order valence-electron chi connectivity index (χ2n) is 5.60. The third-order valence-corrected chi connectivity index (χ3v) is 3.65. The Morgan fingerprint density at radius 1 is 1.37 bits per heavy atom. The fourth-order valence-corrected chi connectivity index (χ4v) is 2.29. The average Bonchev–Trinajstić information content (AvgIpc) is 2.34. The van der Waals surface area contributed by atoms with E-state index in [1.54, 1.807) is 18.2 Å². The summed E-state index contributed by atoms with van der Waals surface area (Å²) in [6.07, 6.45) is 1.96. The van der Waals surface area contributed by atoms with Crippen LogP contribution in [0.4, 0.5) is 0 Å². The van der Waals surface area contributed by atoms with Gasteiger partial charge in [0.25, 0.3) is 5.91 Å². The van der Waals surface area contributed by atoms with Gasteiger partial charge in [-0.1, -0.05) is 25.4 Å². The first kappa shape index (κ1) is 16.3. The van der Waals surface area contributed by atoms with Gasteiger partial charge in [-0.25, -0.2) is 0 Å². The average molecular weight is 302 g/mol. The molecule has 0 atom stereocenters. The molecular weight excluding hydrogens is 281 g/mol. The van der Waals surface area contributed by atoms with Crippen molar-refractivity contribution in [2.75, 3.05) is 12.4 Å². The molecule has 106 valence electrons. The molecular formula is C15H21Cl2NO. The van der Waals surface area contributed by atoms with Crippen LogP contribution in [0, 0.1) is 12.3 Å². The molecule has 0 bridgehead atoms. The lowest BCUT2D eigenvalue weighted by atomic mass is 9.88. The lowest BCUT2D eigenvalue weighted by molar-refractivity contribution is 0.0934. The van der Waals surface area contributed by atoms with E-state index in [-0.39, 0.29) is 11.3 Å². The first-order chi connectivity index (χ1) is 8.85. The summed E-state index contributed by atoms with van der Waals surface area (Å²) in [4.78, 5) is 12.1. The second kappa shape index (κ2) is 7.16. The Hall–Kier alpha value is -0.730. The molecule has 0 fully saturated rings. The van der Waals surface area contributed by atoms with Gasteiger partial charge in [0.2, 0.25) is 0 Å². The van der Waals surface area contributed by atoms with E-state index < -0.39 is 0 Å². The highest BCUT2D eigenvalue weighted by molar-refractivity contribution is 6.30. The SMILES string of the molecule is Cc1cc(Cl)ccc1C(=O)NCC(C)(C)CCCCl. The Morgan fingerprint density at radius 2 is 2.05 bits per heavy atom. The van der Waals surface area contributed by atoms with Crippen molar-refractivity contribution in [3.8, 4) is 0 Å². The summed E-state index contributed by atoms with van der Waals surface area (Å²) in [5, 5.41) is 3.63. The first-order valence-corrected chi connectivity index (χ1v) is 7.37. The van der Waals surface area contributed by atoms with Crippen molar-refractivity contribution in [1.29, 1.82) is 0 Å². The van der Waals surface area contributed by atoms with E-state index >= 15 is 0 Å². The maximum absolute atomic E-state index is 12.1. The molecule has 0 aliphatic rings. The van der Waals surface area contributed by atoms with Gasteiger partial charge >= 0.3 is 0 Å². The van der Waals surface area contributed by atoms with Crippen LogP contribution in [0.2, 0.25) is 5.02 Å². The maximum atomic E-state index is 12.1. The van der Waals surface area contributed by atoms with Gasteiger partial charge in [0, 0.05) is 23.0 Å². The van der Waals surface area contributed by atoms with Crippen LogP contribution in [0.3, 0.4) is 0 Å². The predicted octanol–water partition coefficient (Wildman–Crippen LogP) is 4.42. The molecule has 0 heterocycles. The molecule has 1 aromatic rings. The molecule has 2 nitrogen and oxygen atoms in total. The Bertz CT molecular complexity index is 444. The van der Waals surface area contributed by atoms with Gasteiger partial charge in [0.1, 0.15) is 0 Å². The summed E-state index contributed by atoms with van der Waals surface area (Å²) in [7, 11) is 0. The lowest BCUT2D eigenvalue weighted by Crippen LogP contribution is -2.34. The number of halogens is 2. The molecule has 0 unspecified atom stereocenters. The molecule has 0 spiro atoms. The van der Waals surface area contributed by atoms with Crippen LogP contribution in [0.15, 0.2) is 18.2 Å². The molecule has 0 saturated heterocycles. The third kappa shape index (κ3) is 5.42. The van der Waals surface area contributed by atoms with Gasteiger partial charge < -0.3 is 5.32 Å². The number of alkyl halides is 1. The van der Waals surface area contributed by atoms with Crippen molar-refractivity contribution < 1.29 is 4.79 Å². The number of hydrogen-bond donors (Lipinski definition) is 1. The number of rotatable bonds is 6. The number of carbonyl (C=O) groups excluding carboxylic acids is 1. The van der Waals surface area contributed by atoms with Crippen molar-refractivity contribution >= 4 is 29.1 Å². The predicted molar refractivity (Wildman–Crippen MR) is 82.3 cm³/mol. The van der Waals surface area contributed by atoms with Crippen molar-refractivity contribution in [2.45, 2.75) is 33.6 Å². The number of carbonyl (C=O) groups is 1. The van der Waals surface area contributed by atoms with Gasteiger partial charge in [-0.2, -0.15) is 0 Å². The Balaban J connectivity index is 2.60. The molecule has 0 aliphatic heterocycles. The number of aryl methyl sites for hydroxylation is 1. The Kier molecular flexibility index (Phi) is 6.15. The highest BCUT2D eigenvalue weighted by Gasteiger charge is 2.19. The molecule has 1 amide bonds. The Morgan fingerprint density at radius 3 is 2.63 bits per heavy atom. The van der Waals surface area contributed by atoms with Crippen LogP contribution in [-0.2, 0) is 0 Å². The van der Waals surface area contributed by atoms with Gasteiger partial charge in [-0.3, -0.25) is 4.79 Å². The zero-order valence-electron chi connectivity index (χ0n) is 11.7. The van der Waals surface area contributed by atoms with E-state index in [1.165, 1.54) is 0 Å². The molecule has 0 aliphatic carbocycles. The Labute approximate surface area is 125 Å². The van der Waals surface area contributed by atoms with E-state index in [2.05, 4.69) is 19.2 Å². The smallest absolute Gasteiger partial charge is 0.251 e. The topological polar surface area (TPSA) is 29.1 Å². The second-order valence-corrected chi connectivity index (χ2v) is 6.41. The summed E-state index contributed by atoms with van der Waals surface area (Å²) in [5.74, 6) is 0.612. The van der Waals surface area contributed by atoms with Crippen molar-refractivity contribution in [3.63, 3.8) is 0 Å². The zero-order valence-corrected chi connectivity index (χ0v) is 13.2. The highest BCUT2D eigenvalue weighted by atomic mass is 35.5. The summed E-state index contributed by atoms with van der Waals surface area (Å²) in [6, 6.07) is 5.30. The molecule has 0 aromatic heterocycles. The van der Waals surface area contributed by atoms with Gasteiger partial charge in [-0.05, 0) is 48.9 Å². The molecule has 1 N–H and O–H groups in total. The number of amides is 1. The van der Waals surface area contributed by atoms with E-state index in [0.717, 1.165) is 18.4 Å². The molecule has 1 rings (SSSR count). The van der Waals surface area contributed by atoms with Crippen LogP contribution in [0.5, 0.6) is 0 Å². The number of nitrogens with one attached hydrogen (secondary N) is 1. The van der Waals surface area contributed by atoms with Gasteiger partial charge in [0.05, 0.1) is 0 Å². The van der Waals surface area contributed by atoms with Gasteiger partial charge in [0.15, 0.2) is 0 Å². The third-order valence-electron chi connectivity index (χ3n) is 3.15. The van der Waals surface area contributed by atoms with E-state index in [1.807, 2.05) is 6.92 Å². The monoisotopic (exact) mass is 301 g/mol. The molecule has 0 saturated carbocycles. The normalized spacial score (nSPS) is 11.4. The van der Waals surface area contributed by atoms with Crippen LogP contribution in [0.1, 0.15) is 42.6 Å². The van der Waals surface area contributed by atoms with Crippen LogP contribution in [-0.4, -0.2) is 18.3 Å². The van der Waals surface area contributed by atoms with Crippen molar-refractivity contribution in [1.82, 2.24) is 5.32 Å². The minimum atomic E-state index is -0.0480. The quantitative estimate of drug-likeness (QED) is 0.774. The fourth-order valence-electron chi connectivity index (χ4n) is 1.93. The van der Waals surface area contributed by atoms with Crippen LogP contribution >= 0.6 is 23.2 Å². The largest absolute Gasteiger partial charge is 0.351 e. The summed E-state index contributed by atoms with van der Waals surface area (Å²) >= 11 is 11.6. The maximum Gasteiger partial charge on any atom is 0.251 e. The fraction of sp³-hybridized carbons (Fsp3) is 0.533.